The number of carbonyl (C=O) groups excluding carboxylic acids is 1. The highest BCUT2D eigenvalue weighted by atomic mass is 16.5. The van der Waals surface area contributed by atoms with Gasteiger partial charge in [-0.1, -0.05) is 30.3 Å². The molecule has 2 aromatic rings. The number of aromatic nitrogens is 1. The standard InChI is InChI=1S/C14H14N2O2/c1-18-14-12(8-5-9-15-14)13(17)16-10-11-6-3-2-4-7-11/h2-9H,10H2,1H3,(H,16,17). The van der Waals surface area contributed by atoms with Crippen LogP contribution < -0.4 is 10.1 Å². The second kappa shape index (κ2) is 5.82. The summed E-state index contributed by atoms with van der Waals surface area (Å²) in [5, 5.41) is 2.83. The monoisotopic (exact) mass is 242 g/mol. The highest BCUT2D eigenvalue weighted by molar-refractivity contribution is 5.96. The molecule has 1 amide bonds. The number of carbonyl (C=O) groups is 1. The molecule has 0 radical (unpaired) electrons. The zero-order valence-corrected chi connectivity index (χ0v) is 10.1. The van der Waals surface area contributed by atoms with E-state index in [4.69, 9.17) is 4.74 Å². The zero-order chi connectivity index (χ0) is 12.8. The Morgan fingerprint density at radius 1 is 1.22 bits per heavy atom. The number of nitrogens with zero attached hydrogens (tertiary/aromatic N) is 1. The summed E-state index contributed by atoms with van der Waals surface area (Å²) < 4.78 is 5.05. The van der Waals surface area contributed by atoms with E-state index in [-0.39, 0.29) is 5.91 Å². The molecule has 0 bridgehead atoms. The number of pyridine rings is 1. The number of ether oxygens (including phenoxy) is 1. The van der Waals surface area contributed by atoms with Gasteiger partial charge >= 0.3 is 0 Å². The first-order chi connectivity index (χ1) is 8.81. The predicted molar refractivity (Wildman–Crippen MR) is 68.4 cm³/mol. The number of methoxy groups -OCH3 is 1. The molecular formula is C14H14N2O2. The van der Waals surface area contributed by atoms with Gasteiger partial charge in [-0.05, 0) is 17.7 Å². The van der Waals surface area contributed by atoms with Crippen LogP contribution in [0.1, 0.15) is 15.9 Å². The van der Waals surface area contributed by atoms with Gasteiger partial charge < -0.3 is 10.1 Å². The van der Waals surface area contributed by atoms with Crippen molar-refractivity contribution in [3.8, 4) is 5.88 Å². The summed E-state index contributed by atoms with van der Waals surface area (Å²) in [6.07, 6.45) is 1.59. The van der Waals surface area contributed by atoms with E-state index in [0.717, 1.165) is 5.56 Å². The molecule has 0 aliphatic carbocycles. The van der Waals surface area contributed by atoms with E-state index in [1.54, 1.807) is 18.3 Å². The van der Waals surface area contributed by atoms with Crippen molar-refractivity contribution in [1.82, 2.24) is 10.3 Å². The first kappa shape index (κ1) is 12.1. The van der Waals surface area contributed by atoms with Crippen LogP contribution in [0.15, 0.2) is 48.7 Å². The third-order valence-corrected chi connectivity index (χ3v) is 2.51. The highest BCUT2D eigenvalue weighted by Crippen LogP contribution is 2.13. The third-order valence-electron chi connectivity index (χ3n) is 2.51. The summed E-state index contributed by atoms with van der Waals surface area (Å²) in [6, 6.07) is 13.1. The lowest BCUT2D eigenvalue weighted by Gasteiger charge is -2.08. The molecule has 1 aromatic heterocycles. The van der Waals surface area contributed by atoms with Crippen LogP contribution in [0.2, 0.25) is 0 Å². The highest BCUT2D eigenvalue weighted by Gasteiger charge is 2.11. The molecule has 4 heteroatoms. The van der Waals surface area contributed by atoms with E-state index in [0.29, 0.717) is 18.0 Å². The Morgan fingerprint density at radius 2 is 2.00 bits per heavy atom. The Kier molecular flexibility index (Phi) is 3.91. The second-order valence-electron chi connectivity index (χ2n) is 3.73. The molecule has 0 saturated heterocycles. The molecule has 0 atom stereocenters. The quantitative estimate of drug-likeness (QED) is 0.892. The number of amides is 1. The Bertz CT molecular complexity index is 526. The molecule has 1 heterocycles. The summed E-state index contributed by atoms with van der Waals surface area (Å²) >= 11 is 0. The Hall–Kier alpha value is -2.36. The average molecular weight is 242 g/mol. The predicted octanol–water partition coefficient (Wildman–Crippen LogP) is 2.02. The number of benzene rings is 1. The smallest absolute Gasteiger partial charge is 0.257 e. The van der Waals surface area contributed by atoms with E-state index in [2.05, 4.69) is 10.3 Å². The van der Waals surface area contributed by atoms with Gasteiger partial charge in [0.2, 0.25) is 5.88 Å². The van der Waals surface area contributed by atoms with Crippen LogP contribution in [0.5, 0.6) is 5.88 Å². The molecule has 0 fully saturated rings. The van der Waals surface area contributed by atoms with Gasteiger partial charge in [-0.15, -0.1) is 0 Å². The summed E-state index contributed by atoms with van der Waals surface area (Å²) in [5.41, 5.74) is 1.49. The van der Waals surface area contributed by atoms with Crippen LogP contribution in [-0.2, 0) is 6.54 Å². The van der Waals surface area contributed by atoms with Crippen LogP contribution in [-0.4, -0.2) is 18.0 Å². The minimum absolute atomic E-state index is 0.191. The molecule has 2 rings (SSSR count). The van der Waals surface area contributed by atoms with E-state index in [1.807, 2.05) is 30.3 Å². The maximum atomic E-state index is 12.0. The van der Waals surface area contributed by atoms with Crippen LogP contribution >= 0.6 is 0 Å². The number of hydrogen-bond acceptors (Lipinski definition) is 3. The normalized spacial score (nSPS) is 9.83. The van der Waals surface area contributed by atoms with Gasteiger partial charge in [-0.2, -0.15) is 0 Å². The average Bonchev–Trinajstić information content (AvgIpc) is 2.45. The largest absolute Gasteiger partial charge is 0.480 e. The molecule has 0 unspecified atom stereocenters. The third kappa shape index (κ3) is 2.85. The lowest BCUT2D eigenvalue weighted by Crippen LogP contribution is -2.23. The summed E-state index contributed by atoms with van der Waals surface area (Å²) in [6.45, 7) is 0.484. The van der Waals surface area contributed by atoms with Crippen molar-refractivity contribution < 1.29 is 9.53 Å². The Morgan fingerprint density at radius 3 is 2.72 bits per heavy atom. The SMILES string of the molecule is COc1ncccc1C(=O)NCc1ccccc1. The first-order valence-electron chi connectivity index (χ1n) is 5.62. The summed E-state index contributed by atoms with van der Waals surface area (Å²) in [7, 11) is 1.50. The van der Waals surface area contributed by atoms with Crippen LogP contribution in [0, 0.1) is 0 Å². The Labute approximate surface area is 106 Å². The topological polar surface area (TPSA) is 51.2 Å². The van der Waals surface area contributed by atoms with Crippen molar-refractivity contribution in [2.45, 2.75) is 6.54 Å². The van der Waals surface area contributed by atoms with Crippen molar-refractivity contribution in [1.29, 1.82) is 0 Å². The van der Waals surface area contributed by atoms with Crippen molar-refractivity contribution in [3.05, 3.63) is 59.8 Å². The Balaban J connectivity index is 2.04. The van der Waals surface area contributed by atoms with E-state index in [1.165, 1.54) is 7.11 Å². The van der Waals surface area contributed by atoms with Crippen LogP contribution in [0.4, 0.5) is 0 Å². The number of hydrogen-bond donors (Lipinski definition) is 1. The van der Waals surface area contributed by atoms with Crippen LogP contribution in [0.25, 0.3) is 0 Å². The van der Waals surface area contributed by atoms with Gasteiger partial charge in [0.15, 0.2) is 0 Å². The molecular weight excluding hydrogens is 228 g/mol. The van der Waals surface area contributed by atoms with Crippen molar-refractivity contribution in [2.24, 2.45) is 0 Å². The molecule has 0 aliphatic rings. The molecule has 18 heavy (non-hydrogen) atoms. The molecule has 1 N–H and O–H groups in total. The van der Waals surface area contributed by atoms with Gasteiger partial charge in [0.05, 0.1) is 7.11 Å². The maximum Gasteiger partial charge on any atom is 0.257 e. The molecule has 1 aromatic carbocycles. The van der Waals surface area contributed by atoms with Crippen molar-refractivity contribution in [3.63, 3.8) is 0 Å². The second-order valence-corrected chi connectivity index (χ2v) is 3.73. The number of nitrogens with one attached hydrogen (secondary N) is 1. The fourth-order valence-corrected chi connectivity index (χ4v) is 1.60. The van der Waals surface area contributed by atoms with E-state index in [9.17, 15) is 4.79 Å². The van der Waals surface area contributed by atoms with Crippen LogP contribution in [0.3, 0.4) is 0 Å². The van der Waals surface area contributed by atoms with E-state index >= 15 is 0 Å². The molecule has 0 saturated carbocycles. The summed E-state index contributed by atoms with van der Waals surface area (Å²) in [4.78, 5) is 16.0. The van der Waals surface area contributed by atoms with Gasteiger partial charge in [-0.25, -0.2) is 4.98 Å². The van der Waals surface area contributed by atoms with Gasteiger partial charge in [0, 0.05) is 12.7 Å². The first-order valence-corrected chi connectivity index (χ1v) is 5.62. The summed E-state index contributed by atoms with van der Waals surface area (Å²) in [5.74, 6) is 0.145. The molecule has 0 spiro atoms. The van der Waals surface area contributed by atoms with Gasteiger partial charge in [0.25, 0.3) is 5.91 Å². The zero-order valence-electron chi connectivity index (χ0n) is 10.1. The lowest BCUT2D eigenvalue weighted by atomic mass is 10.2. The van der Waals surface area contributed by atoms with E-state index < -0.39 is 0 Å². The lowest BCUT2D eigenvalue weighted by molar-refractivity contribution is 0.0947. The maximum absolute atomic E-state index is 12.0. The fourth-order valence-electron chi connectivity index (χ4n) is 1.60. The fraction of sp³-hybridized carbons (Fsp3) is 0.143. The molecule has 0 aliphatic heterocycles. The molecule has 4 nitrogen and oxygen atoms in total. The van der Waals surface area contributed by atoms with Gasteiger partial charge in [-0.3, -0.25) is 4.79 Å². The van der Waals surface area contributed by atoms with Crippen molar-refractivity contribution in [2.75, 3.05) is 7.11 Å². The minimum Gasteiger partial charge on any atom is -0.480 e. The van der Waals surface area contributed by atoms with Crippen molar-refractivity contribution >= 4 is 5.91 Å². The number of rotatable bonds is 4. The minimum atomic E-state index is -0.191. The molecule has 92 valence electrons. The van der Waals surface area contributed by atoms with Gasteiger partial charge in [0.1, 0.15) is 5.56 Å².